The molecule has 0 amide bonds. The number of hydrogen-bond acceptors (Lipinski definition) is 4. The summed E-state index contributed by atoms with van der Waals surface area (Å²) < 4.78 is 10.6. The zero-order valence-electron chi connectivity index (χ0n) is 15.7. The van der Waals surface area contributed by atoms with Gasteiger partial charge in [0.05, 0.1) is 25.9 Å². The van der Waals surface area contributed by atoms with Gasteiger partial charge in [0.1, 0.15) is 5.75 Å². The van der Waals surface area contributed by atoms with E-state index >= 15 is 0 Å². The van der Waals surface area contributed by atoms with Crippen LogP contribution in [0.2, 0.25) is 0 Å². The van der Waals surface area contributed by atoms with Crippen LogP contribution in [0.4, 0.5) is 0 Å². The summed E-state index contributed by atoms with van der Waals surface area (Å²) in [6.45, 7) is 10.2. The second-order valence-corrected chi connectivity index (χ2v) is 6.23. The van der Waals surface area contributed by atoms with Crippen LogP contribution in [0.1, 0.15) is 49.3 Å². The fourth-order valence-corrected chi connectivity index (χ4v) is 2.41. The van der Waals surface area contributed by atoms with Crippen LogP contribution in [0.5, 0.6) is 5.75 Å². The highest BCUT2D eigenvalue weighted by atomic mass is 16.5. The molecule has 0 atom stereocenters. The second-order valence-electron chi connectivity index (χ2n) is 6.23. The Bertz CT molecular complexity index is 707. The van der Waals surface area contributed by atoms with Crippen molar-refractivity contribution >= 4 is 5.96 Å². The third kappa shape index (κ3) is 5.52. The minimum atomic E-state index is 0.359. The molecule has 1 aromatic carbocycles. The van der Waals surface area contributed by atoms with E-state index in [1.54, 1.807) is 7.11 Å². The number of ether oxygens (including phenoxy) is 1. The minimum absolute atomic E-state index is 0.359. The quantitative estimate of drug-likeness (QED) is 0.595. The summed E-state index contributed by atoms with van der Waals surface area (Å²) >= 11 is 0. The molecule has 0 saturated heterocycles. The van der Waals surface area contributed by atoms with Crippen LogP contribution in [-0.4, -0.2) is 24.8 Å². The summed E-state index contributed by atoms with van der Waals surface area (Å²) in [4.78, 5) is 4.63. The number of rotatable bonds is 7. The molecule has 0 fully saturated rings. The molecule has 25 heavy (non-hydrogen) atoms. The molecule has 0 unspecified atom stereocenters. The lowest BCUT2D eigenvalue weighted by Gasteiger charge is -2.10. The van der Waals surface area contributed by atoms with Gasteiger partial charge < -0.3 is 19.9 Å². The highest BCUT2D eigenvalue weighted by Crippen LogP contribution is 2.19. The van der Waals surface area contributed by atoms with Gasteiger partial charge in [0.2, 0.25) is 0 Å². The molecule has 0 radical (unpaired) electrons. The zero-order chi connectivity index (χ0) is 18.2. The normalized spacial score (nSPS) is 11.7. The Morgan fingerprint density at radius 3 is 2.68 bits per heavy atom. The molecule has 0 bridgehead atoms. The first-order valence-electron chi connectivity index (χ1n) is 8.64. The summed E-state index contributed by atoms with van der Waals surface area (Å²) in [6, 6.07) is 8.08. The first kappa shape index (κ1) is 18.8. The average Bonchev–Trinajstić information content (AvgIpc) is 3.07. The van der Waals surface area contributed by atoms with Gasteiger partial charge in [-0.3, -0.25) is 0 Å². The molecule has 2 N–H and O–H groups in total. The first-order valence-corrected chi connectivity index (χ1v) is 8.64. The lowest BCUT2D eigenvalue weighted by molar-refractivity contribution is 0.372. The molecule has 136 valence electrons. The molecule has 1 heterocycles. The molecule has 0 aliphatic heterocycles. The Hall–Kier alpha value is -2.50. The van der Waals surface area contributed by atoms with Gasteiger partial charge in [0, 0.05) is 12.6 Å². The van der Waals surface area contributed by atoms with Crippen molar-refractivity contribution in [3.8, 4) is 5.75 Å². The van der Waals surface area contributed by atoms with Crippen molar-refractivity contribution in [1.29, 1.82) is 0 Å². The van der Waals surface area contributed by atoms with E-state index in [-0.39, 0.29) is 0 Å². The van der Waals surface area contributed by atoms with Gasteiger partial charge in [-0.2, -0.15) is 0 Å². The highest BCUT2D eigenvalue weighted by molar-refractivity contribution is 5.79. The number of hydrogen-bond donors (Lipinski definition) is 2. The van der Waals surface area contributed by atoms with Gasteiger partial charge >= 0.3 is 0 Å². The van der Waals surface area contributed by atoms with Crippen LogP contribution in [0.3, 0.4) is 0 Å². The van der Waals surface area contributed by atoms with Crippen LogP contribution in [0, 0.1) is 6.92 Å². The number of nitrogens with one attached hydrogen (secondary N) is 2. The van der Waals surface area contributed by atoms with Gasteiger partial charge in [0.15, 0.2) is 11.7 Å². The van der Waals surface area contributed by atoms with Crippen LogP contribution in [0.25, 0.3) is 0 Å². The van der Waals surface area contributed by atoms with E-state index in [0.29, 0.717) is 19.0 Å². The second kappa shape index (κ2) is 9.11. The summed E-state index contributed by atoms with van der Waals surface area (Å²) in [5.74, 6) is 2.80. The van der Waals surface area contributed by atoms with E-state index in [2.05, 4.69) is 40.7 Å². The third-order valence-corrected chi connectivity index (χ3v) is 3.82. The lowest BCUT2D eigenvalue weighted by Crippen LogP contribution is -2.36. The number of aromatic nitrogens is 1. The molecule has 1 aromatic heterocycles. The van der Waals surface area contributed by atoms with E-state index in [1.807, 2.05) is 32.0 Å². The maximum absolute atomic E-state index is 5.35. The lowest BCUT2D eigenvalue weighted by atomic mass is 10.1. The topological polar surface area (TPSA) is 71.7 Å². The molecule has 0 spiro atoms. The van der Waals surface area contributed by atoms with Crippen LogP contribution >= 0.6 is 0 Å². The van der Waals surface area contributed by atoms with Crippen molar-refractivity contribution < 1.29 is 9.26 Å². The van der Waals surface area contributed by atoms with Crippen molar-refractivity contribution in [3.05, 3.63) is 46.8 Å². The van der Waals surface area contributed by atoms with Crippen molar-refractivity contribution in [2.45, 2.75) is 46.7 Å². The molecule has 2 rings (SSSR count). The standard InChI is InChI=1S/C19H28N4O2/c1-6-20-19(22-12-16-10-17(13(2)3)23-25-16)21-11-15-7-8-18(24-5)14(4)9-15/h7-10,13H,6,11-12H2,1-5H3,(H2,20,21,22). The van der Waals surface area contributed by atoms with E-state index in [1.165, 1.54) is 0 Å². The molecular weight excluding hydrogens is 316 g/mol. The van der Waals surface area contributed by atoms with E-state index < -0.39 is 0 Å². The molecule has 2 aromatic rings. The zero-order valence-corrected chi connectivity index (χ0v) is 15.7. The predicted molar refractivity (Wildman–Crippen MR) is 100.0 cm³/mol. The largest absolute Gasteiger partial charge is 0.496 e. The van der Waals surface area contributed by atoms with E-state index in [4.69, 9.17) is 9.26 Å². The molecule has 0 aliphatic rings. The first-order chi connectivity index (χ1) is 12.0. The Balaban J connectivity index is 1.98. The van der Waals surface area contributed by atoms with Crippen molar-refractivity contribution in [1.82, 2.24) is 15.8 Å². The number of aliphatic imine (C=N–C) groups is 1. The Kier molecular flexibility index (Phi) is 6.86. The van der Waals surface area contributed by atoms with Crippen LogP contribution < -0.4 is 15.4 Å². The maximum atomic E-state index is 5.35. The number of benzene rings is 1. The van der Waals surface area contributed by atoms with Gasteiger partial charge in [0.25, 0.3) is 0 Å². The number of guanidine groups is 1. The number of methoxy groups -OCH3 is 1. The van der Waals surface area contributed by atoms with Crippen molar-refractivity contribution in [3.63, 3.8) is 0 Å². The summed E-state index contributed by atoms with van der Waals surface area (Å²) in [5, 5.41) is 10.6. The monoisotopic (exact) mass is 344 g/mol. The van der Waals surface area contributed by atoms with Crippen LogP contribution in [-0.2, 0) is 13.1 Å². The number of aryl methyl sites for hydroxylation is 1. The molecule has 6 nitrogen and oxygen atoms in total. The molecular formula is C19H28N4O2. The molecule has 0 aliphatic carbocycles. The summed E-state index contributed by atoms with van der Waals surface area (Å²) in [5.41, 5.74) is 3.21. The average molecular weight is 344 g/mol. The maximum Gasteiger partial charge on any atom is 0.191 e. The van der Waals surface area contributed by atoms with Crippen molar-refractivity contribution in [2.24, 2.45) is 4.99 Å². The van der Waals surface area contributed by atoms with Gasteiger partial charge in [-0.15, -0.1) is 0 Å². The van der Waals surface area contributed by atoms with Gasteiger partial charge in [-0.25, -0.2) is 4.99 Å². The fraction of sp³-hybridized carbons (Fsp3) is 0.474. The third-order valence-electron chi connectivity index (χ3n) is 3.82. The predicted octanol–water partition coefficient (Wildman–Crippen LogP) is 3.37. The Morgan fingerprint density at radius 1 is 1.28 bits per heavy atom. The molecule has 0 saturated carbocycles. The summed E-state index contributed by atoms with van der Waals surface area (Å²) in [7, 11) is 1.68. The van der Waals surface area contributed by atoms with Gasteiger partial charge in [-0.1, -0.05) is 31.1 Å². The smallest absolute Gasteiger partial charge is 0.191 e. The summed E-state index contributed by atoms with van der Waals surface area (Å²) in [6.07, 6.45) is 0. The van der Waals surface area contributed by atoms with Crippen LogP contribution in [0.15, 0.2) is 33.8 Å². The highest BCUT2D eigenvalue weighted by Gasteiger charge is 2.08. The SMILES string of the molecule is CCNC(=NCc1ccc(OC)c(C)c1)NCc1cc(C(C)C)no1. The van der Waals surface area contributed by atoms with E-state index in [0.717, 1.165) is 40.8 Å². The Labute approximate surface area is 149 Å². The van der Waals surface area contributed by atoms with Crippen molar-refractivity contribution in [2.75, 3.05) is 13.7 Å². The minimum Gasteiger partial charge on any atom is -0.496 e. The fourth-order valence-electron chi connectivity index (χ4n) is 2.41. The molecule has 6 heteroatoms. The number of nitrogens with zero attached hydrogens (tertiary/aromatic N) is 2. The van der Waals surface area contributed by atoms with E-state index in [9.17, 15) is 0 Å². The van der Waals surface area contributed by atoms with Gasteiger partial charge in [-0.05, 0) is 37.0 Å². The Morgan fingerprint density at radius 2 is 2.08 bits per heavy atom.